The maximum absolute atomic E-state index is 12.8. The number of rotatable bonds is 7. The van der Waals surface area contributed by atoms with Gasteiger partial charge in [0.2, 0.25) is 5.88 Å². The molecule has 0 aliphatic rings. The summed E-state index contributed by atoms with van der Waals surface area (Å²) in [7, 11) is 1.55. The number of carbonyl (C=O) groups is 1. The molecule has 2 heterocycles. The van der Waals surface area contributed by atoms with E-state index in [1.165, 1.54) is 0 Å². The molecule has 0 spiro atoms. The minimum atomic E-state index is -0.109. The molecule has 6 nitrogen and oxygen atoms in total. The molecule has 0 aliphatic carbocycles. The van der Waals surface area contributed by atoms with Crippen molar-refractivity contribution in [2.75, 3.05) is 7.11 Å². The van der Waals surface area contributed by atoms with Crippen molar-refractivity contribution in [3.63, 3.8) is 0 Å². The first kappa shape index (κ1) is 19.5. The normalized spacial score (nSPS) is 11.9. The van der Waals surface area contributed by atoms with Gasteiger partial charge in [0.1, 0.15) is 0 Å². The second-order valence-electron chi connectivity index (χ2n) is 6.98. The van der Waals surface area contributed by atoms with Gasteiger partial charge in [-0.25, -0.2) is 0 Å². The molecular formula is C22H24N4O2. The van der Waals surface area contributed by atoms with Crippen molar-refractivity contribution in [1.29, 1.82) is 0 Å². The van der Waals surface area contributed by atoms with Crippen LogP contribution in [-0.2, 0) is 0 Å². The molecule has 0 aliphatic heterocycles. The van der Waals surface area contributed by atoms with E-state index in [-0.39, 0.29) is 11.9 Å². The summed E-state index contributed by atoms with van der Waals surface area (Å²) in [5.74, 6) is 0.801. The Bertz CT molecular complexity index is 894. The van der Waals surface area contributed by atoms with Crippen molar-refractivity contribution in [3.05, 3.63) is 72.1 Å². The Morgan fingerprint density at radius 1 is 1.07 bits per heavy atom. The van der Waals surface area contributed by atoms with E-state index in [1.807, 2.05) is 30.3 Å². The lowest BCUT2D eigenvalue weighted by Crippen LogP contribution is -2.29. The SMILES string of the molecule is COc1ccc(-c2ccc(C(=O)N[C@@H](CC(C)C)c3cccnc3)cc2)nn1. The fourth-order valence-corrected chi connectivity index (χ4v) is 2.95. The Morgan fingerprint density at radius 3 is 2.43 bits per heavy atom. The second kappa shape index (κ2) is 9.08. The molecule has 0 bridgehead atoms. The van der Waals surface area contributed by atoms with Gasteiger partial charge in [-0.2, -0.15) is 0 Å². The van der Waals surface area contributed by atoms with Gasteiger partial charge in [0.05, 0.1) is 18.8 Å². The van der Waals surface area contributed by atoms with E-state index in [0.717, 1.165) is 23.2 Å². The summed E-state index contributed by atoms with van der Waals surface area (Å²) in [6, 6.07) is 14.7. The number of nitrogens with zero attached hydrogens (tertiary/aromatic N) is 3. The molecule has 0 saturated carbocycles. The highest BCUT2D eigenvalue weighted by molar-refractivity contribution is 5.94. The molecule has 28 heavy (non-hydrogen) atoms. The van der Waals surface area contributed by atoms with Gasteiger partial charge >= 0.3 is 0 Å². The van der Waals surface area contributed by atoms with Gasteiger partial charge in [-0.15, -0.1) is 10.2 Å². The van der Waals surface area contributed by atoms with E-state index in [2.05, 4.69) is 34.3 Å². The highest BCUT2D eigenvalue weighted by Gasteiger charge is 2.17. The number of hydrogen-bond donors (Lipinski definition) is 1. The van der Waals surface area contributed by atoms with Crippen LogP contribution in [0.4, 0.5) is 0 Å². The highest BCUT2D eigenvalue weighted by atomic mass is 16.5. The molecule has 1 amide bonds. The largest absolute Gasteiger partial charge is 0.480 e. The Kier molecular flexibility index (Phi) is 6.32. The van der Waals surface area contributed by atoms with Crippen molar-refractivity contribution in [2.24, 2.45) is 5.92 Å². The summed E-state index contributed by atoms with van der Waals surface area (Å²) in [5.41, 5.74) is 3.22. The lowest BCUT2D eigenvalue weighted by Gasteiger charge is -2.21. The first-order valence-corrected chi connectivity index (χ1v) is 9.25. The van der Waals surface area contributed by atoms with E-state index >= 15 is 0 Å². The molecule has 0 unspecified atom stereocenters. The molecule has 3 aromatic rings. The number of amides is 1. The highest BCUT2D eigenvalue weighted by Crippen LogP contribution is 2.22. The summed E-state index contributed by atoms with van der Waals surface area (Å²) in [6.07, 6.45) is 4.38. The molecule has 6 heteroatoms. The van der Waals surface area contributed by atoms with Crippen molar-refractivity contribution in [3.8, 4) is 17.1 Å². The van der Waals surface area contributed by atoms with Gasteiger partial charge in [-0.1, -0.05) is 32.0 Å². The van der Waals surface area contributed by atoms with Gasteiger partial charge in [-0.3, -0.25) is 9.78 Å². The Morgan fingerprint density at radius 2 is 1.86 bits per heavy atom. The Labute approximate surface area is 165 Å². The number of hydrogen-bond acceptors (Lipinski definition) is 5. The smallest absolute Gasteiger partial charge is 0.251 e. The summed E-state index contributed by atoms with van der Waals surface area (Å²) in [6.45, 7) is 4.28. The fourth-order valence-electron chi connectivity index (χ4n) is 2.95. The molecular weight excluding hydrogens is 352 g/mol. The van der Waals surface area contributed by atoms with Crippen molar-refractivity contribution in [1.82, 2.24) is 20.5 Å². The van der Waals surface area contributed by atoms with Crippen LogP contribution in [0.1, 0.15) is 42.2 Å². The summed E-state index contributed by atoms with van der Waals surface area (Å²) >= 11 is 0. The fraction of sp³-hybridized carbons (Fsp3) is 0.273. The van der Waals surface area contributed by atoms with Crippen LogP contribution in [-0.4, -0.2) is 28.2 Å². The topological polar surface area (TPSA) is 77.0 Å². The first-order valence-electron chi connectivity index (χ1n) is 9.25. The number of aromatic nitrogens is 3. The van der Waals surface area contributed by atoms with Crippen LogP contribution in [0.3, 0.4) is 0 Å². The van der Waals surface area contributed by atoms with Crippen molar-refractivity contribution < 1.29 is 9.53 Å². The number of carbonyl (C=O) groups excluding carboxylic acids is 1. The van der Waals surface area contributed by atoms with E-state index < -0.39 is 0 Å². The van der Waals surface area contributed by atoms with E-state index in [0.29, 0.717) is 17.4 Å². The number of nitrogens with one attached hydrogen (secondary N) is 1. The van der Waals surface area contributed by atoms with Crippen LogP contribution < -0.4 is 10.1 Å². The molecule has 1 N–H and O–H groups in total. The zero-order valence-corrected chi connectivity index (χ0v) is 16.3. The number of benzene rings is 1. The van der Waals surface area contributed by atoms with Crippen LogP contribution >= 0.6 is 0 Å². The van der Waals surface area contributed by atoms with Crippen LogP contribution in [0, 0.1) is 5.92 Å². The molecule has 0 saturated heterocycles. The molecule has 0 fully saturated rings. The van der Waals surface area contributed by atoms with Crippen LogP contribution in [0.2, 0.25) is 0 Å². The molecule has 144 valence electrons. The third kappa shape index (κ3) is 4.91. The van der Waals surface area contributed by atoms with Crippen molar-refractivity contribution >= 4 is 5.91 Å². The minimum Gasteiger partial charge on any atom is -0.480 e. The van der Waals surface area contributed by atoms with Crippen molar-refractivity contribution in [2.45, 2.75) is 26.3 Å². The standard InChI is InChI=1S/C22H24N4O2/c1-15(2)13-20(18-5-4-12-23-14-18)24-22(27)17-8-6-16(7-9-17)19-10-11-21(28-3)26-25-19/h4-12,14-15,20H,13H2,1-3H3,(H,24,27)/t20-/m0/s1. The Balaban J connectivity index is 1.73. The van der Waals surface area contributed by atoms with E-state index in [9.17, 15) is 4.79 Å². The summed E-state index contributed by atoms with van der Waals surface area (Å²) < 4.78 is 5.03. The third-order valence-corrected chi connectivity index (χ3v) is 4.39. The van der Waals surface area contributed by atoms with Crippen LogP contribution in [0.5, 0.6) is 5.88 Å². The van der Waals surface area contributed by atoms with Gasteiger partial charge in [0.25, 0.3) is 5.91 Å². The summed E-state index contributed by atoms with van der Waals surface area (Å²) in [4.78, 5) is 16.9. The number of pyridine rings is 1. The quantitative estimate of drug-likeness (QED) is 0.673. The molecule has 1 atom stereocenters. The van der Waals surface area contributed by atoms with Gasteiger partial charge in [0, 0.05) is 29.6 Å². The van der Waals surface area contributed by atoms with Gasteiger partial charge < -0.3 is 10.1 Å². The summed E-state index contributed by atoms with van der Waals surface area (Å²) in [5, 5.41) is 11.2. The zero-order chi connectivity index (χ0) is 19.9. The average molecular weight is 376 g/mol. The lowest BCUT2D eigenvalue weighted by molar-refractivity contribution is 0.0932. The van der Waals surface area contributed by atoms with Gasteiger partial charge in [0.15, 0.2) is 0 Å². The molecule has 3 rings (SSSR count). The molecule has 1 aromatic carbocycles. The predicted octanol–water partition coefficient (Wildman–Crippen LogP) is 4.06. The zero-order valence-electron chi connectivity index (χ0n) is 16.3. The van der Waals surface area contributed by atoms with Gasteiger partial charge in [-0.05, 0) is 42.2 Å². The first-order chi connectivity index (χ1) is 13.6. The molecule has 2 aromatic heterocycles. The maximum atomic E-state index is 12.8. The Hall–Kier alpha value is -3.28. The van der Waals surface area contributed by atoms with Crippen LogP contribution in [0.25, 0.3) is 11.3 Å². The minimum absolute atomic E-state index is 0.0756. The second-order valence-corrected chi connectivity index (χ2v) is 6.98. The van der Waals surface area contributed by atoms with E-state index in [1.54, 1.807) is 37.7 Å². The number of ether oxygens (including phenoxy) is 1. The average Bonchev–Trinajstić information content (AvgIpc) is 2.74. The predicted molar refractivity (Wildman–Crippen MR) is 108 cm³/mol. The monoisotopic (exact) mass is 376 g/mol. The third-order valence-electron chi connectivity index (χ3n) is 4.39. The molecule has 0 radical (unpaired) electrons. The van der Waals surface area contributed by atoms with Crippen LogP contribution in [0.15, 0.2) is 60.9 Å². The lowest BCUT2D eigenvalue weighted by atomic mass is 9.97. The number of methoxy groups -OCH3 is 1. The van der Waals surface area contributed by atoms with E-state index in [4.69, 9.17) is 4.74 Å². The maximum Gasteiger partial charge on any atom is 0.251 e.